The second kappa shape index (κ2) is 8.02. The Hall–Kier alpha value is -1.01. The molecule has 0 spiro atoms. The van der Waals surface area contributed by atoms with Gasteiger partial charge in [-0.1, -0.05) is 23.4 Å². The van der Waals surface area contributed by atoms with Gasteiger partial charge in [-0.3, -0.25) is 0 Å². The molecule has 2 aliphatic rings. The Bertz CT molecular complexity index is 725. The van der Waals surface area contributed by atoms with Gasteiger partial charge in [0.15, 0.2) is 21.9 Å². The molecule has 12 heteroatoms. The number of ether oxygens (including phenoxy) is 2. The molecule has 1 aromatic heterocycles. The maximum Gasteiger partial charge on any atom is 0.389 e. The van der Waals surface area contributed by atoms with Gasteiger partial charge in [0, 0.05) is 18.3 Å². The van der Waals surface area contributed by atoms with Crippen LogP contribution in [0.1, 0.15) is 26.7 Å². The van der Waals surface area contributed by atoms with Crippen molar-refractivity contribution >= 4 is 34.9 Å². The molecule has 1 saturated carbocycles. The topological polar surface area (TPSA) is 103 Å². The summed E-state index contributed by atoms with van der Waals surface area (Å²) in [5.41, 5.74) is 6.06. The molecule has 2 fully saturated rings. The number of anilines is 2. The third kappa shape index (κ3) is 4.93. The smallest absolute Gasteiger partial charge is 0.389 e. The Morgan fingerprint density at radius 2 is 2.00 bits per heavy atom. The molecule has 0 amide bonds. The van der Waals surface area contributed by atoms with E-state index in [0.29, 0.717) is 6.42 Å². The molecule has 1 aromatic rings. The maximum atomic E-state index is 12.4. The number of nitrogen functional groups attached to an aromatic ring is 1. The number of fused-ring (bicyclic) bond motifs is 1. The summed E-state index contributed by atoms with van der Waals surface area (Å²) in [5, 5.41) is 12.9. The van der Waals surface area contributed by atoms with Crippen molar-refractivity contribution in [3.05, 3.63) is 5.15 Å². The van der Waals surface area contributed by atoms with E-state index in [2.05, 4.69) is 15.3 Å². The van der Waals surface area contributed by atoms with Crippen molar-refractivity contribution in [2.45, 2.75) is 62.1 Å². The number of hydrogen-bond acceptors (Lipinski definition) is 8. The standard InChI is InChI=1S/C16H22ClF3N4O3S/c1-15(2)26-10-7(6-25)5-8(11(10)27-15)22-13-9(21)12(17)23-14(24-13)28-4-3-16(18,19)20/h7-8,10-11,25H,3-6,21H2,1-2H3,(H,22,23,24)/t7-,8-,10-,11+/m1/s1. The number of hydrogen-bond donors (Lipinski definition) is 3. The minimum atomic E-state index is -4.25. The van der Waals surface area contributed by atoms with Crippen LogP contribution in [0, 0.1) is 5.92 Å². The number of nitrogens with one attached hydrogen (secondary N) is 1. The van der Waals surface area contributed by atoms with E-state index in [-0.39, 0.29) is 58.3 Å². The van der Waals surface area contributed by atoms with Crippen LogP contribution in [0.4, 0.5) is 24.7 Å². The Morgan fingerprint density at radius 1 is 1.32 bits per heavy atom. The summed E-state index contributed by atoms with van der Waals surface area (Å²) in [4.78, 5) is 8.16. The maximum absolute atomic E-state index is 12.4. The van der Waals surface area contributed by atoms with Crippen LogP contribution in [0.3, 0.4) is 0 Å². The zero-order chi connectivity index (χ0) is 20.7. The molecule has 0 bridgehead atoms. The van der Waals surface area contributed by atoms with Crippen molar-refractivity contribution in [2.75, 3.05) is 23.4 Å². The number of aliphatic hydroxyl groups is 1. The van der Waals surface area contributed by atoms with Crippen molar-refractivity contribution in [2.24, 2.45) is 5.92 Å². The highest BCUT2D eigenvalue weighted by molar-refractivity contribution is 7.99. The second-order valence-electron chi connectivity index (χ2n) is 7.27. The molecule has 0 aromatic carbocycles. The third-order valence-electron chi connectivity index (χ3n) is 4.63. The van der Waals surface area contributed by atoms with Gasteiger partial charge in [0.2, 0.25) is 0 Å². The summed E-state index contributed by atoms with van der Waals surface area (Å²) in [6, 6.07) is -0.259. The van der Waals surface area contributed by atoms with Crippen LogP contribution in [0.25, 0.3) is 0 Å². The van der Waals surface area contributed by atoms with Gasteiger partial charge in [0.25, 0.3) is 0 Å². The van der Waals surface area contributed by atoms with Gasteiger partial charge in [-0.25, -0.2) is 9.97 Å². The van der Waals surface area contributed by atoms with E-state index < -0.39 is 18.4 Å². The number of rotatable bonds is 6. The van der Waals surface area contributed by atoms with E-state index in [1.165, 1.54) is 0 Å². The second-order valence-corrected chi connectivity index (χ2v) is 8.69. The molecule has 0 radical (unpaired) electrons. The fraction of sp³-hybridized carbons (Fsp3) is 0.750. The van der Waals surface area contributed by atoms with Crippen molar-refractivity contribution < 1.29 is 27.8 Å². The van der Waals surface area contributed by atoms with Crippen LogP contribution in [0.5, 0.6) is 0 Å². The van der Waals surface area contributed by atoms with E-state index in [9.17, 15) is 18.3 Å². The van der Waals surface area contributed by atoms with Gasteiger partial charge in [0.1, 0.15) is 11.8 Å². The average molecular weight is 443 g/mol. The van der Waals surface area contributed by atoms with Crippen LogP contribution in [-0.4, -0.2) is 57.6 Å². The lowest BCUT2D eigenvalue weighted by Gasteiger charge is -2.24. The molecule has 0 unspecified atom stereocenters. The largest absolute Gasteiger partial charge is 0.396 e. The van der Waals surface area contributed by atoms with E-state index >= 15 is 0 Å². The first-order valence-electron chi connectivity index (χ1n) is 8.74. The van der Waals surface area contributed by atoms with Crippen molar-refractivity contribution in [3.8, 4) is 0 Å². The Kier molecular flexibility index (Phi) is 6.21. The fourth-order valence-electron chi connectivity index (χ4n) is 3.44. The lowest BCUT2D eigenvalue weighted by atomic mass is 10.1. The Balaban J connectivity index is 1.74. The number of aliphatic hydroxyl groups excluding tert-OH is 1. The van der Waals surface area contributed by atoms with Crippen LogP contribution in [0.15, 0.2) is 5.16 Å². The van der Waals surface area contributed by atoms with Gasteiger partial charge in [-0.15, -0.1) is 0 Å². The highest BCUT2D eigenvalue weighted by atomic mass is 35.5. The Labute approximate surface area is 169 Å². The van der Waals surface area contributed by atoms with Crippen LogP contribution < -0.4 is 11.1 Å². The number of thioether (sulfide) groups is 1. The normalized spacial score (nSPS) is 29.1. The predicted molar refractivity (Wildman–Crippen MR) is 99.3 cm³/mol. The van der Waals surface area contributed by atoms with Crippen LogP contribution in [0.2, 0.25) is 5.15 Å². The van der Waals surface area contributed by atoms with E-state index in [1.807, 2.05) is 0 Å². The molecule has 1 aliphatic heterocycles. The highest BCUT2D eigenvalue weighted by Crippen LogP contribution is 2.43. The number of aromatic nitrogens is 2. The molecule has 1 aliphatic carbocycles. The lowest BCUT2D eigenvalue weighted by Crippen LogP contribution is -2.35. The molecule has 1 saturated heterocycles. The molecule has 28 heavy (non-hydrogen) atoms. The lowest BCUT2D eigenvalue weighted by molar-refractivity contribution is -0.158. The molecule has 158 valence electrons. The monoisotopic (exact) mass is 442 g/mol. The first-order valence-corrected chi connectivity index (χ1v) is 10.1. The van der Waals surface area contributed by atoms with E-state index in [1.54, 1.807) is 13.8 Å². The molecule has 3 rings (SSSR count). The van der Waals surface area contributed by atoms with Crippen LogP contribution >= 0.6 is 23.4 Å². The molecule has 4 atom stereocenters. The molecular formula is C16H22ClF3N4O3S. The van der Waals surface area contributed by atoms with Crippen LogP contribution in [-0.2, 0) is 9.47 Å². The van der Waals surface area contributed by atoms with Crippen molar-refractivity contribution in [1.82, 2.24) is 9.97 Å². The first-order chi connectivity index (χ1) is 13.0. The zero-order valence-corrected chi connectivity index (χ0v) is 16.9. The predicted octanol–water partition coefficient (Wildman–Crippen LogP) is 3.07. The summed E-state index contributed by atoms with van der Waals surface area (Å²) in [5.74, 6) is -0.903. The van der Waals surface area contributed by atoms with E-state index in [4.69, 9.17) is 26.8 Å². The van der Waals surface area contributed by atoms with Gasteiger partial charge in [-0.2, -0.15) is 13.2 Å². The zero-order valence-electron chi connectivity index (χ0n) is 15.3. The number of nitrogens with zero attached hydrogens (tertiary/aromatic N) is 2. The number of halogens is 4. The van der Waals surface area contributed by atoms with Gasteiger partial charge < -0.3 is 25.6 Å². The number of nitrogens with two attached hydrogens (primary N) is 1. The summed E-state index contributed by atoms with van der Waals surface area (Å²) >= 11 is 6.89. The summed E-state index contributed by atoms with van der Waals surface area (Å²) < 4.78 is 48.9. The Morgan fingerprint density at radius 3 is 2.64 bits per heavy atom. The molecule has 7 nitrogen and oxygen atoms in total. The molecular weight excluding hydrogens is 421 g/mol. The van der Waals surface area contributed by atoms with Gasteiger partial charge in [-0.05, 0) is 20.3 Å². The molecule has 4 N–H and O–H groups in total. The van der Waals surface area contributed by atoms with Crippen molar-refractivity contribution in [3.63, 3.8) is 0 Å². The highest BCUT2D eigenvalue weighted by Gasteiger charge is 2.53. The number of alkyl halides is 3. The van der Waals surface area contributed by atoms with Gasteiger partial charge >= 0.3 is 6.18 Å². The van der Waals surface area contributed by atoms with Crippen molar-refractivity contribution in [1.29, 1.82) is 0 Å². The van der Waals surface area contributed by atoms with Gasteiger partial charge in [0.05, 0.1) is 18.6 Å². The molecule has 2 heterocycles. The average Bonchev–Trinajstić information content (AvgIpc) is 3.04. The SMILES string of the molecule is CC1(C)O[C@@H]2[C@@H](CO)C[C@@H](Nc3nc(SCCC(F)(F)F)nc(Cl)c3N)[C@@H]2O1. The minimum Gasteiger partial charge on any atom is -0.396 e. The first kappa shape index (κ1) is 21.7. The summed E-state index contributed by atoms with van der Waals surface area (Å²) in [7, 11) is 0. The summed E-state index contributed by atoms with van der Waals surface area (Å²) in [6.07, 6.45) is -5.27. The minimum absolute atomic E-state index is 0.0378. The quantitative estimate of drug-likeness (QED) is 0.351. The summed E-state index contributed by atoms with van der Waals surface area (Å²) in [6.45, 7) is 3.53. The third-order valence-corrected chi connectivity index (χ3v) is 5.77. The van der Waals surface area contributed by atoms with E-state index in [0.717, 1.165) is 11.8 Å². The fourth-order valence-corrected chi connectivity index (χ4v) is 4.49.